The largest absolute Gasteiger partial charge is 0.358 e. The highest BCUT2D eigenvalue weighted by molar-refractivity contribution is 9.10. The second-order valence-electron chi connectivity index (χ2n) is 4.51. The first-order valence-electron chi connectivity index (χ1n) is 6.20. The zero-order valence-corrected chi connectivity index (χ0v) is 15.1. The van der Waals surface area contributed by atoms with E-state index in [1.165, 1.54) is 0 Å². The zero-order chi connectivity index (χ0) is 15.4. The van der Waals surface area contributed by atoms with Crippen LogP contribution in [0.2, 0.25) is 10.0 Å². The van der Waals surface area contributed by atoms with Crippen molar-refractivity contribution in [3.63, 3.8) is 0 Å². The smallest absolute Gasteiger partial charge is 0.171 e. The fraction of sp³-hybridized carbons (Fsp3) is 0.133. The summed E-state index contributed by atoms with van der Waals surface area (Å²) in [5.41, 5.74) is 3.02. The molecule has 2 aromatic carbocycles. The van der Waals surface area contributed by atoms with E-state index in [9.17, 15) is 0 Å². The average molecular weight is 404 g/mol. The van der Waals surface area contributed by atoms with Crippen LogP contribution in [-0.2, 0) is 6.54 Å². The Labute approximate surface area is 148 Å². The summed E-state index contributed by atoms with van der Waals surface area (Å²) in [7, 11) is 0. The van der Waals surface area contributed by atoms with E-state index >= 15 is 0 Å². The molecule has 110 valence electrons. The van der Waals surface area contributed by atoms with Gasteiger partial charge < -0.3 is 10.6 Å². The van der Waals surface area contributed by atoms with Gasteiger partial charge in [0, 0.05) is 26.8 Å². The molecule has 2 rings (SSSR count). The number of aryl methyl sites for hydroxylation is 1. The van der Waals surface area contributed by atoms with Crippen molar-refractivity contribution in [1.29, 1.82) is 0 Å². The molecule has 0 radical (unpaired) electrons. The number of nitrogens with one attached hydrogen (secondary N) is 2. The lowest BCUT2D eigenvalue weighted by molar-refractivity contribution is 0.926. The average Bonchev–Trinajstić information content (AvgIpc) is 2.42. The third-order valence-electron chi connectivity index (χ3n) is 2.87. The SMILES string of the molecule is Cc1cc(NC(=S)NCc2ccc(Cl)cc2Cl)ccc1Br. The zero-order valence-electron chi connectivity index (χ0n) is 11.2. The van der Waals surface area contributed by atoms with Crippen LogP contribution in [0, 0.1) is 6.92 Å². The molecule has 0 saturated carbocycles. The normalized spacial score (nSPS) is 10.3. The molecule has 2 N–H and O–H groups in total. The first-order valence-corrected chi connectivity index (χ1v) is 8.16. The monoisotopic (exact) mass is 402 g/mol. The van der Waals surface area contributed by atoms with Gasteiger partial charge in [-0.25, -0.2) is 0 Å². The van der Waals surface area contributed by atoms with Crippen molar-refractivity contribution in [2.75, 3.05) is 5.32 Å². The standard InChI is InChI=1S/C15H13BrCl2N2S/c1-9-6-12(4-5-13(9)16)20-15(21)19-8-10-2-3-11(17)7-14(10)18/h2-7H,8H2,1H3,(H2,19,20,21). The van der Waals surface area contributed by atoms with Crippen LogP contribution in [0.3, 0.4) is 0 Å². The molecule has 0 saturated heterocycles. The molecular weight excluding hydrogens is 391 g/mol. The number of benzene rings is 2. The summed E-state index contributed by atoms with van der Waals surface area (Å²) in [4.78, 5) is 0. The maximum absolute atomic E-state index is 6.12. The Morgan fingerprint density at radius 2 is 1.95 bits per heavy atom. The summed E-state index contributed by atoms with van der Waals surface area (Å²) in [6.07, 6.45) is 0. The van der Waals surface area contributed by atoms with Crippen LogP contribution in [0.1, 0.15) is 11.1 Å². The third kappa shape index (κ3) is 4.85. The minimum atomic E-state index is 0.539. The van der Waals surface area contributed by atoms with Crippen LogP contribution in [0.15, 0.2) is 40.9 Å². The summed E-state index contributed by atoms with van der Waals surface area (Å²) < 4.78 is 1.07. The molecular formula is C15H13BrCl2N2S. The Hall–Kier alpha value is -0.810. The Balaban J connectivity index is 1.94. The lowest BCUT2D eigenvalue weighted by Gasteiger charge is -2.12. The number of halogens is 3. The fourth-order valence-corrected chi connectivity index (χ4v) is 2.65. The van der Waals surface area contributed by atoms with Crippen molar-refractivity contribution < 1.29 is 0 Å². The highest BCUT2D eigenvalue weighted by Gasteiger charge is 2.03. The Morgan fingerprint density at radius 1 is 1.19 bits per heavy atom. The first kappa shape index (κ1) is 16.6. The van der Waals surface area contributed by atoms with Gasteiger partial charge in [-0.3, -0.25) is 0 Å². The first-order chi connectivity index (χ1) is 9.95. The van der Waals surface area contributed by atoms with Crippen molar-refractivity contribution in [1.82, 2.24) is 5.32 Å². The number of anilines is 1. The number of hydrogen-bond acceptors (Lipinski definition) is 1. The van der Waals surface area contributed by atoms with Crippen LogP contribution >= 0.6 is 51.3 Å². The lowest BCUT2D eigenvalue weighted by atomic mass is 10.2. The summed E-state index contributed by atoms with van der Waals surface area (Å²) >= 11 is 20.7. The van der Waals surface area contributed by atoms with E-state index in [4.69, 9.17) is 35.4 Å². The van der Waals surface area contributed by atoms with Crippen LogP contribution in [0.25, 0.3) is 0 Å². The van der Waals surface area contributed by atoms with Gasteiger partial charge in [-0.15, -0.1) is 0 Å². The Kier molecular flexibility index (Phi) is 5.88. The molecule has 2 aromatic rings. The van der Waals surface area contributed by atoms with Gasteiger partial charge in [-0.05, 0) is 60.6 Å². The summed E-state index contributed by atoms with van der Waals surface area (Å²) in [6, 6.07) is 11.4. The molecule has 0 aliphatic carbocycles. The number of hydrogen-bond donors (Lipinski definition) is 2. The molecule has 0 aliphatic rings. The molecule has 0 heterocycles. The van der Waals surface area contributed by atoms with Gasteiger partial charge >= 0.3 is 0 Å². The molecule has 0 atom stereocenters. The van der Waals surface area contributed by atoms with Gasteiger partial charge in [-0.1, -0.05) is 45.2 Å². The number of thiocarbonyl (C=S) groups is 1. The summed E-state index contributed by atoms with van der Waals surface area (Å²) in [5, 5.41) is 8.05. The van der Waals surface area contributed by atoms with Gasteiger partial charge in [0.2, 0.25) is 0 Å². The van der Waals surface area contributed by atoms with Gasteiger partial charge in [0.1, 0.15) is 0 Å². The topological polar surface area (TPSA) is 24.1 Å². The van der Waals surface area contributed by atoms with E-state index in [0.717, 1.165) is 21.3 Å². The molecule has 0 unspecified atom stereocenters. The van der Waals surface area contributed by atoms with Crippen LogP contribution < -0.4 is 10.6 Å². The van der Waals surface area contributed by atoms with E-state index in [2.05, 4.69) is 26.6 Å². The second kappa shape index (κ2) is 7.45. The van der Waals surface area contributed by atoms with Gasteiger partial charge in [0.15, 0.2) is 5.11 Å². The van der Waals surface area contributed by atoms with Crippen molar-refractivity contribution in [3.05, 3.63) is 62.0 Å². The predicted molar refractivity (Wildman–Crippen MR) is 98.4 cm³/mol. The summed E-state index contributed by atoms with van der Waals surface area (Å²) in [5.74, 6) is 0. The van der Waals surface area contributed by atoms with Crippen molar-refractivity contribution >= 4 is 62.1 Å². The molecule has 0 aliphatic heterocycles. The highest BCUT2D eigenvalue weighted by Crippen LogP contribution is 2.21. The highest BCUT2D eigenvalue weighted by atomic mass is 79.9. The van der Waals surface area contributed by atoms with E-state index < -0.39 is 0 Å². The fourth-order valence-electron chi connectivity index (χ4n) is 1.74. The molecule has 2 nitrogen and oxygen atoms in total. The molecule has 0 amide bonds. The Morgan fingerprint density at radius 3 is 2.62 bits per heavy atom. The minimum absolute atomic E-state index is 0.539. The van der Waals surface area contributed by atoms with Crippen molar-refractivity contribution in [2.24, 2.45) is 0 Å². The van der Waals surface area contributed by atoms with Gasteiger partial charge in [0.05, 0.1) is 0 Å². The van der Waals surface area contributed by atoms with E-state index in [-0.39, 0.29) is 0 Å². The van der Waals surface area contributed by atoms with Crippen molar-refractivity contribution in [3.8, 4) is 0 Å². The maximum Gasteiger partial charge on any atom is 0.171 e. The van der Waals surface area contributed by atoms with E-state index in [0.29, 0.717) is 21.7 Å². The third-order valence-corrected chi connectivity index (χ3v) is 4.59. The maximum atomic E-state index is 6.12. The van der Waals surface area contributed by atoms with Gasteiger partial charge in [0.25, 0.3) is 0 Å². The molecule has 0 bridgehead atoms. The quantitative estimate of drug-likeness (QED) is 0.656. The lowest BCUT2D eigenvalue weighted by Crippen LogP contribution is -2.28. The minimum Gasteiger partial charge on any atom is -0.358 e. The molecule has 0 fully saturated rings. The molecule has 21 heavy (non-hydrogen) atoms. The van der Waals surface area contributed by atoms with Crippen LogP contribution in [-0.4, -0.2) is 5.11 Å². The molecule has 0 spiro atoms. The van der Waals surface area contributed by atoms with Crippen LogP contribution in [0.5, 0.6) is 0 Å². The van der Waals surface area contributed by atoms with Crippen LogP contribution in [0.4, 0.5) is 5.69 Å². The molecule has 0 aromatic heterocycles. The van der Waals surface area contributed by atoms with Crippen molar-refractivity contribution in [2.45, 2.75) is 13.5 Å². The number of rotatable bonds is 3. The van der Waals surface area contributed by atoms with E-state index in [1.54, 1.807) is 12.1 Å². The Bertz CT molecular complexity index is 677. The molecule has 6 heteroatoms. The van der Waals surface area contributed by atoms with Gasteiger partial charge in [-0.2, -0.15) is 0 Å². The second-order valence-corrected chi connectivity index (χ2v) is 6.61. The summed E-state index contributed by atoms with van der Waals surface area (Å²) in [6.45, 7) is 2.57. The predicted octanol–water partition coefficient (Wildman–Crippen LogP) is 5.55. The van der Waals surface area contributed by atoms with E-state index in [1.807, 2.05) is 31.2 Å².